The maximum atomic E-state index is 10.9. The third-order valence-corrected chi connectivity index (χ3v) is 8.96. The van der Waals surface area contributed by atoms with Crippen LogP contribution in [0.3, 0.4) is 0 Å². The van der Waals surface area contributed by atoms with E-state index in [0.29, 0.717) is 6.42 Å². The van der Waals surface area contributed by atoms with Gasteiger partial charge in [-0.25, -0.2) is 0 Å². The Labute approximate surface area is 227 Å². The summed E-state index contributed by atoms with van der Waals surface area (Å²) in [5.74, 6) is -0.0964. The molecule has 0 radical (unpaired) electrons. The van der Waals surface area contributed by atoms with E-state index in [0.717, 1.165) is 42.5 Å². The van der Waals surface area contributed by atoms with E-state index in [4.69, 9.17) is 9.11 Å². The monoisotopic (exact) mass is 562 g/mol. The molecule has 37 heavy (non-hydrogen) atoms. The van der Waals surface area contributed by atoms with E-state index in [2.05, 4.69) is 14.0 Å². The summed E-state index contributed by atoms with van der Waals surface area (Å²) in [5.41, 5.74) is 1.13. The number of hydrogen-bond donors (Lipinski definition) is 2. The highest BCUT2D eigenvalue weighted by molar-refractivity contribution is 7.86. The number of nitrogens with zero attached hydrogens (tertiary/aromatic N) is 1. The molecule has 9 heteroatoms. The van der Waals surface area contributed by atoms with Gasteiger partial charge in [0.1, 0.15) is 0 Å². The average molecular weight is 563 g/mol. The second-order valence-electron chi connectivity index (χ2n) is 10.9. The third-order valence-electron chi connectivity index (χ3n) is 7.29. The van der Waals surface area contributed by atoms with Crippen LogP contribution in [0.1, 0.15) is 109 Å². The summed E-state index contributed by atoms with van der Waals surface area (Å²) in [7, 11) is -5.64. The van der Waals surface area contributed by atoms with Crippen molar-refractivity contribution in [2.45, 2.75) is 115 Å². The van der Waals surface area contributed by atoms with Crippen LogP contribution in [0.2, 0.25) is 0 Å². The fourth-order valence-electron chi connectivity index (χ4n) is 4.95. The van der Waals surface area contributed by atoms with E-state index in [-0.39, 0.29) is 10.6 Å². The molecule has 2 N–H and O–H groups in total. The molecule has 1 saturated heterocycles. The summed E-state index contributed by atoms with van der Waals surface area (Å²) < 4.78 is 61.6. The van der Waals surface area contributed by atoms with Crippen LogP contribution in [0.25, 0.3) is 0 Å². The minimum Gasteiger partial charge on any atom is -0.326 e. The zero-order valence-electron chi connectivity index (χ0n) is 23.2. The maximum absolute atomic E-state index is 10.9. The van der Waals surface area contributed by atoms with Crippen LogP contribution in [0.15, 0.2) is 29.2 Å². The van der Waals surface area contributed by atoms with E-state index in [1.165, 1.54) is 95.6 Å². The van der Waals surface area contributed by atoms with Crippen LogP contribution < -0.4 is 0 Å². The van der Waals surface area contributed by atoms with Gasteiger partial charge in [-0.15, -0.1) is 0 Å². The van der Waals surface area contributed by atoms with E-state index in [9.17, 15) is 16.8 Å². The Balaban J connectivity index is 0.000000397. The normalized spacial score (nSPS) is 16.0. The molecule has 1 fully saturated rings. The van der Waals surface area contributed by atoms with Gasteiger partial charge in [0.15, 0.2) is 0 Å². The summed E-state index contributed by atoms with van der Waals surface area (Å²) in [6.07, 6.45) is 19.8. The molecule has 0 aromatic heterocycles. The Bertz CT molecular complexity index is 922. The van der Waals surface area contributed by atoms with Crippen LogP contribution in [-0.4, -0.2) is 62.9 Å². The van der Waals surface area contributed by atoms with Crippen molar-refractivity contribution in [2.75, 3.05) is 32.4 Å². The molecule has 7 nitrogen and oxygen atoms in total. The van der Waals surface area contributed by atoms with Crippen molar-refractivity contribution in [2.24, 2.45) is 0 Å². The van der Waals surface area contributed by atoms with E-state index < -0.39 is 20.2 Å². The highest BCUT2D eigenvalue weighted by Gasteiger charge is 2.23. The van der Waals surface area contributed by atoms with Gasteiger partial charge in [-0.2, -0.15) is 16.8 Å². The highest BCUT2D eigenvalue weighted by atomic mass is 32.2. The van der Waals surface area contributed by atoms with E-state index in [1.807, 2.05) is 0 Å². The lowest BCUT2D eigenvalue weighted by molar-refractivity contribution is -0.908. The molecular weight excluding hydrogens is 510 g/mol. The summed E-state index contributed by atoms with van der Waals surface area (Å²) in [6.45, 7) is 5.40. The minimum absolute atomic E-state index is 0.0284. The first-order chi connectivity index (χ1) is 17.5. The molecule has 216 valence electrons. The smallest absolute Gasteiger partial charge is 0.294 e. The number of benzene rings is 1. The van der Waals surface area contributed by atoms with Gasteiger partial charge in [-0.05, 0) is 56.2 Å². The molecule has 0 aliphatic carbocycles. The average Bonchev–Trinajstić information content (AvgIpc) is 3.04. The number of aryl methyl sites for hydroxylation is 1. The first kappa shape index (κ1) is 34.0. The Hall–Kier alpha value is -1.00. The highest BCUT2D eigenvalue weighted by Crippen LogP contribution is 2.17. The fourth-order valence-corrected chi connectivity index (χ4v) is 5.92. The predicted molar refractivity (Wildman–Crippen MR) is 152 cm³/mol. The molecule has 1 aliphatic heterocycles. The van der Waals surface area contributed by atoms with Crippen LogP contribution >= 0.6 is 0 Å². The molecule has 1 aromatic rings. The molecule has 0 bridgehead atoms. The third kappa shape index (κ3) is 18.0. The van der Waals surface area contributed by atoms with Crippen LogP contribution in [0.5, 0.6) is 0 Å². The van der Waals surface area contributed by atoms with Gasteiger partial charge in [0.05, 0.1) is 37.3 Å². The Morgan fingerprint density at radius 1 is 0.703 bits per heavy atom. The molecule has 0 atom stereocenters. The van der Waals surface area contributed by atoms with Gasteiger partial charge in [0.2, 0.25) is 0 Å². The van der Waals surface area contributed by atoms with Crippen molar-refractivity contribution in [3.8, 4) is 0 Å². The van der Waals surface area contributed by atoms with Crippen molar-refractivity contribution in [1.29, 1.82) is 0 Å². The standard InChI is InChI=1S/C18H30O3S.C10H21NO3S/c1-2-3-4-5-6-7-8-9-10-11-12-17-13-15-18(16-14-17)22(19,20)21;1-11(7-4-2-3-5-8-11)9-6-10-15(12,13)14/h13-16H,2-12H2,1H3,(H,19,20,21);2-10H2,1H3/p+1. The van der Waals surface area contributed by atoms with Crippen molar-refractivity contribution >= 4 is 20.2 Å². The molecule has 0 spiro atoms. The second kappa shape index (κ2) is 18.3. The zero-order chi connectivity index (χ0) is 27.6. The quantitative estimate of drug-likeness (QED) is 0.132. The Morgan fingerprint density at radius 2 is 1.19 bits per heavy atom. The van der Waals surface area contributed by atoms with Crippen LogP contribution in [0, 0.1) is 0 Å². The molecule has 0 amide bonds. The fraction of sp³-hybridized carbons (Fsp3) is 0.786. The molecule has 1 aromatic carbocycles. The summed E-state index contributed by atoms with van der Waals surface area (Å²) in [5, 5.41) is 0. The number of hydrogen-bond acceptors (Lipinski definition) is 4. The SMILES string of the molecule is CCCCCCCCCCCCc1ccc(S(=O)(=O)O)cc1.C[N+]1(CCCS(=O)(=O)O)CCCCCC1. The van der Waals surface area contributed by atoms with Crippen molar-refractivity contribution < 1.29 is 30.4 Å². The Morgan fingerprint density at radius 3 is 1.65 bits per heavy atom. The van der Waals surface area contributed by atoms with Gasteiger partial charge < -0.3 is 4.48 Å². The molecule has 1 aliphatic rings. The zero-order valence-corrected chi connectivity index (χ0v) is 24.9. The number of likely N-dealkylation sites (tertiary alicyclic amines) is 1. The number of rotatable bonds is 16. The van der Waals surface area contributed by atoms with Gasteiger partial charge in [-0.3, -0.25) is 9.11 Å². The predicted octanol–water partition coefficient (Wildman–Crippen LogP) is 6.68. The van der Waals surface area contributed by atoms with Crippen molar-refractivity contribution in [3.63, 3.8) is 0 Å². The Kier molecular flexibility index (Phi) is 16.8. The second-order valence-corrected chi connectivity index (χ2v) is 13.9. The van der Waals surface area contributed by atoms with Crippen LogP contribution in [0.4, 0.5) is 0 Å². The molecule has 0 unspecified atom stereocenters. The van der Waals surface area contributed by atoms with Gasteiger partial charge in [-0.1, -0.05) is 76.8 Å². The van der Waals surface area contributed by atoms with Crippen molar-refractivity contribution in [3.05, 3.63) is 29.8 Å². The lowest BCUT2D eigenvalue weighted by Crippen LogP contribution is -2.45. The van der Waals surface area contributed by atoms with Gasteiger partial charge in [0.25, 0.3) is 20.2 Å². The summed E-state index contributed by atoms with van der Waals surface area (Å²) >= 11 is 0. The van der Waals surface area contributed by atoms with Crippen LogP contribution in [-0.2, 0) is 26.7 Å². The molecule has 0 saturated carbocycles. The van der Waals surface area contributed by atoms with Gasteiger partial charge in [0, 0.05) is 6.42 Å². The minimum atomic E-state index is -4.06. The number of unbranched alkanes of at least 4 members (excludes halogenated alkanes) is 9. The first-order valence-electron chi connectivity index (χ1n) is 14.3. The molecule has 2 rings (SSSR count). The van der Waals surface area contributed by atoms with Crippen molar-refractivity contribution in [1.82, 2.24) is 0 Å². The first-order valence-corrected chi connectivity index (χ1v) is 17.4. The van der Waals surface area contributed by atoms with E-state index in [1.54, 1.807) is 12.1 Å². The molecular formula is C28H52NO6S2+. The number of quaternary nitrogens is 1. The van der Waals surface area contributed by atoms with E-state index >= 15 is 0 Å². The summed E-state index contributed by atoms with van der Waals surface area (Å²) in [6, 6.07) is 6.52. The maximum Gasteiger partial charge on any atom is 0.294 e. The lowest BCUT2D eigenvalue weighted by Gasteiger charge is -2.33. The lowest BCUT2D eigenvalue weighted by atomic mass is 10.0. The topological polar surface area (TPSA) is 109 Å². The van der Waals surface area contributed by atoms with Gasteiger partial charge >= 0.3 is 0 Å². The molecule has 1 heterocycles. The summed E-state index contributed by atoms with van der Waals surface area (Å²) in [4.78, 5) is -0.0284. The largest absolute Gasteiger partial charge is 0.326 e.